The number of benzene rings is 2. The molecule has 0 aliphatic heterocycles. The van der Waals surface area contributed by atoms with Gasteiger partial charge in [-0.05, 0) is 44.2 Å². The average molecular weight is 312 g/mol. The van der Waals surface area contributed by atoms with Crippen molar-refractivity contribution < 1.29 is 18.7 Å². The molecule has 23 heavy (non-hydrogen) atoms. The molecular formula is C18H16O5. The van der Waals surface area contributed by atoms with Crippen LogP contribution in [0.1, 0.15) is 12.5 Å². The molecule has 0 saturated carbocycles. The third-order valence-corrected chi connectivity index (χ3v) is 3.72. The number of aryl methyl sites for hydroxylation is 1. The Morgan fingerprint density at radius 3 is 2.57 bits per heavy atom. The molecule has 1 heterocycles. The third kappa shape index (κ3) is 2.65. The summed E-state index contributed by atoms with van der Waals surface area (Å²) in [5.41, 5.74) is 0.727. The van der Waals surface area contributed by atoms with Crippen LogP contribution in [0.3, 0.4) is 0 Å². The number of Topliss-reactive ketones (excluding diaryl/α,β-unsaturated/α-hetero) is 1. The Bertz CT molecular complexity index is 968. The maximum absolute atomic E-state index is 12.3. The fourth-order valence-electron chi connectivity index (χ4n) is 2.55. The second-order valence-corrected chi connectivity index (χ2v) is 5.36. The van der Waals surface area contributed by atoms with Gasteiger partial charge < -0.3 is 13.9 Å². The van der Waals surface area contributed by atoms with Gasteiger partial charge in [0.05, 0.1) is 12.5 Å². The first-order valence-electron chi connectivity index (χ1n) is 7.17. The lowest BCUT2D eigenvalue weighted by Gasteiger charge is -2.11. The van der Waals surface area contributed by atoms with Gasteiger partial charge in [-0.1, -0.05) is 0 Å². The summed E-state index contributed by atoms with van der Waals surface area (Å²) < 4.78 is 16.1. The predicted molar refractivity (Wildman–Crippen MR) is 87.5 cm³/mol. The molecule has 3 aromatic rings. The zero-order valence-corrected chi connectivity index (χ0v) is 13.1. The number of methoxy groups -OCH3 is 1. The Balaban J connectivity index is 2.25. The molecule has 0 atom stereocenters. The summed E-state index contributed by atoms with van der Waals surface area (Å²) in [4.78, 5) is 23.3. The summed E-state index contributed by atoms with van der Waals surface area (Å²) in [6, 6.07) is 8.91. The van der Waals surface area contributed by atoms with E-state index in [1.165, 1.54) is 6.92 Å². The van der Waals surface area contributed by atoms with Gasteiger partial charge in [0, 0.05) is 16.3 Å². The molecule has 1 aromatic heterocycles. The van der Waals surface area contributed by atoms with Gasteiger partial charge in [-0.2, -0.15) is 0 Å². The maximum atomic E-state index is 12.3. The van der Waals surface area contributed by atoms with Crippen molar-refractivity contribution in [3.8, 4) is 11.5 Å². The van der Waals surface area contributed by atoms with Crippen LogP contribution in [-0.2, 0) is 4.79 Å². The van der Waals surface area contributed by atoms with Crippen molar-refractivity contribution in [1.29, 1.82) is 0 Å². The highest BCUT2D eigenvalue weighted by atomic mass is 16.5. The number of ketones is 1. The Morgan fingerprint density at radius 2 is 1.87 bits per heavy atom. The number of fused-ring (bicyclic) bond motifs is 3. The third-order valence-electron chi connectivity index (χ3n) is 3.72. The lowest BCUT2D eigenvalue weighted by atomic mass is 10.0. The zero-order valence-electron chi connectivity index (χ0n) is 13.1. The van der Waals surface area contributed by atoms with E-state index in [1.54, 1.807) is 32.2 Å². The number of carbonyl (C=O) groups excluding carboxylic acids is 1. The Morgan fingerprint density at radius 1 is 1.13 bits per heavy atom. The van der Waals surface area contributed by atoms with E-state index in [1.807, 2.05) is 12.1 Å². The van der Waals surface area contributed by atoms with Crippen LogP contribution in [0.4, 0.5) is 0 Å². The molecule has 5 nitrogen and oxygen atoms in total. The normalized spacial score (nSPS) is 10.9. The SMILES string of the molecule is COc1ccc2c(c1)c(=O)oc1c(C)c(OCC(C)=O)ccc12. The molecule has 118 valence electrons. The molecule has 2 aromatic carbocycles. The quantitative estimate of drug-likeness (QED) is 0.546. The van der Waals surface area contributed by atoms with E-state index in [2.05, 4.69) is 0 Å². The van der Waals surface area contributed by atoms with Crippen molar-refractivity contribution in [2.24, 2.45) is 0 Å². The molecule has 0 amide bonds. The first-order valence-corrected chi connectivity index (χ1v) is 7.17. The Kier molecular flexibility index (Phi) is 3.78. The Hall–Kier alpha value is -2.82. The fraction of sp³-hybridized carbons (Fsp3) is 0.222. The summed E-state index contributed by atoms with van der Waals surface area (Å²) >= 11 is 0. The molecule has 0 aliphatic rings. The van der Waals surface area contributed by atoms with Crippen LogP contribution in [0.2, 0.25) is 0 Å². The van der Waals surface area contributed by atoms with Crippen LogP contribution < -0.4 is 15.1 Å². The van der Waals surface area contributed by atoms with Crippen LogP contribution in [0.5, 0.6) is 11.5 Å². The lowest BCUT2D eigenvalue weighted by Crippen LogP contribution is -2.08. The van der Waals surface area contributed by atoms with Gasteiger partial charge in [-0.15, -0.1) is 0 Å². The molecule has 0 unspecified atom stereocenters. The molecule has 5 heteroatoms. The van der Waals surface area contributed by atoms with Gasteiger partial charge >= 0.3 is 5.63 Å². The first-order chi connectivity index (χ1) is 11.0. The summed E-state index contributed by atoms with van der Waals surface area (Å²) in [7, 11) is 1.55. The molecule has 0 radical (unpaired) electrons. The minimum atomic E-state index is -0.432. The summed E-state index contributed by atoms with van der Waals surface area (Å²) in [6.45, 7) is 3.24. The number of carbonyl (C=O) groups is 1. The molecule has 0 aliphatic carbocycles. The minimum Gasteiger partial charge on any atom is -0.497 e. The van der Waals surface area contributed by atoms with E-state index in [4.69, 9.17) is 13.9 Å². The van der Waals surface area contributed by atoms with Gasteiger partial charge in [-0.25, -0.2) is 4.79 Å². The summed E-state index contributed by atoms with van der Waals surface area (Å²) in [6.07, 6.45) is 0. The van der Waals surface area contributed by atoms with E-state index in [0.29, 0.717) is 28.0 Å². The first kappa shape index (κ1) is 15.1. The monoisotopic (exact) mass is 312 g/mol. The van der Waals surface area contributed by atoms with Crippen LogP contribution in [0.25, 0.3) is 21.7 Å². The molecule has 0 fully saturated rings. The molecule has 0 bridgehead atoms. The predicted octanol–water partition coefficient (Wildman–Crippen LogP) is 3.23. The lowest BCUT2D eigenvalue weighted by molar-refractivity contribution is -0.118. The molecule has 0 N–H and O–H groups in total. The standard InChI is InChI=1S/C18H16O5/c1-10(19)9-22-16-7-6-14-13-5-4-12(21-3)8-15(13)18(20)23-17(14)11(16)2/h4-8H,9H2,1-3H3. The van der Waals surface area contributed by atoms with Crippen molar-refractivity contribution in [3.05, 3.63) is 46.3 Å². The number of hydrogen-bond acceptors (Lipinski definition) is 5. The Labute approximate surface area is 132 Å². The van der Waals surface area contributed by atoms with Crippen molar-refractivity contribution in [2.75, 3.05) is 13.7 Å². The van der Waals surface area contributed by atoms with Crippen LogP contribution in [-0.4, -0.2) is 19.5 Å². The van der Waals surface area contributed by atoms with Crippen molar-refractivity contribution >= 4 is 27.5 Å². The molecule has 0 saturated heterocycles. The van der Waals surface area contributed by atoms with E-state index in [0.717, 1.165) is 10.8 Å². The molecule has 3 rings (SSSR count). The van der Waals surface area contributed by atoms with E-state index in [9.17, 15) is 9.59 Å². The second kappa shape index (κ2) is 5.76. The van der Waals surface area contributed by atoms with Crippen LogP contribution in [0, 0.1) is 6.92 Å². The second-order valence-electron chi connectivity index (χ2n) is 5.36. The maximum Gasteiger partial charge on any atom is 0.344 e. The highest BCUT2D eigenvalue weighted by Crippen LogP contribution is 2.32. The topological polar surface area (TPSA) is 65.7 Å². The van der Waals surface area contributed by atoms with Crippen LogP contribution >= 0.6 is 0 Å². The van der Waals surface area contributed by atoms with Gasteiger partial charge in [0.25, 0.3) is 0 Å². The minimum absolute atomic E-state index is 0.0125. The van der Waals surface area contributed by atoms with Crippen molar-refractivity contribution in [1.82, 2.24) is 0 Å². The molecular weight excluding hydrogens is 296 g/mol. The number of rotatable bonds is 4. The van der Waals surface area contributed by atoms with Gasteiger partial charge in [0.1, 0.15) is 23.7 Å². The van der Waals surface area contributed by atoms with E-state index >= 15 is 0 Å². The van der Waals surface area contributed by atoms with Gasteiger partial charge in [-0.3, -0.25) is 4.79 Å². The smallest absolute Gasteiger partial charge is 0.344 e. The number of hydrogen-bond donors (Lipinski definition) is 0. The van der Waals surface area contributed by atoms with Crippen molar-refractivity contribution in [3.63, 3.8) is 0 Å². The number of ether oxygens (including phenoxy) is 2. The van der Waals surface area contributed by atoms with Gasteiger partial charge in [0.2, 0.25) is 0 Å². The van der Waals surface area contributed by atoms with E-state index in [-0.39, 0.29) is 12.4 Å². The van der Waals surface area contributed by atoms with E-state index < -0.39 is 5.63 Å². The highest BCUT2D eigenvalue weighted by molar-refractivity contribution is 6.06. The summed E-state index contributed by atoms with van der Waals surface area (Å²) in [5.74, 6) is 1.06. The van der Waals surface area contributed by atoms with Crippen LogP contribution in [0.15, 0.2) is 39.5 Å². The average Bonchev–Trinajstić information content (AvgIpc) is 2.54. The largest absolute Gasteiger partial charge is 0.497 e. The zero-order chi connectivity index (χ0) is 16.6. The summed E-state index contributed by atoms with van der Waals surface area (Å²) in [5, 5.41) is 2.07. The van der Waals surface area contributed by atoms with Crippen molar-refractivity contribution in [2.45, 2.75) is 13.8 Å². The fourth-order valence-corrected chi connectivity index (χ4v) is 2.55. The van der Waals surface area contributed by atoms with Gasteiger partial charge in [0.15, 0.2) is 5.78 Å². The molecule has 0 spiro atoms. The highest BCUT2D eigenvalue weighted by Gasteiger charge is 2.13.